The Morgan fingerprint density at radius 2 is 1.33 bits per heavy atom. The molecule has 27 nitrogen and oxygen atoms in total. The molecule has 0 aromatic carbocycles. The van der Waals surface area contributed by atoms with Gasteiger partial charge in [-0.2, -0.15) is 0 Å². The Kier molecular flexibility index (Phi) is 20.2. The Labute approximate surface area is 504 Å². The van der Waals surface area contributed by atoms with Crippen LogP contribution in [0.25, 0.3) is 0 Å². The van der Waals surface area contributed by atoms with E-state index in [1.807, 2.05) is 40.7 Å². The summed E-state index contributed by atoms with van der Waals surface area (Å²) in [6.45, 7) is 12.4. The predicted octanol–water partition coefficient (Wildman–Crippen LogP) is -5.84. The maximum Gasteiger partial charge on any atom is 1.00 e. The van der Waals surface area contributed by atoms with Crippen LogP contribution in [0.2, 0.25) is 0 Å². The van der Waals surface area contributed by atoms with E-state index in [-0.39, 0.29) is 54.2 Å². The molecule has 9 aliphatic rings. The molecule has 4 aliphatic carbocycles. The van der Waals surface area contributed by atoms with E-state index in [0.29, 0.717) is 32.1 Å². The van der Waals surface area contributed by atoms with E-state index >= 15 is 0 Å². The van der Waals surface area contributed by atoms with E-state index in [4.69, 9.17) is 47.4 Å². The van der Waals surface area contributed by atoms with E-state index in [2.05, 4.69) is 11.1 Å². The Balaban J connectivity index is 0.00000900. The minimum absolute atomic E-state index is 0. The molecular formula is C54H85NaO27S. The minimum atomic E-state index is -5.45. The van der Waals surface area contributed by atoms with Crippen LogP contribution < -0.4 is 29.6 Å². The number of cyclic esters (lactones) is 1. The summed E-state index contributed by atoms with van der Waals surface area (Å²) in [5.74, 6) is -1.20. The van der Waals surface area contributed by atoms with Gasteiger partial charge in [-0.3, -0.25) is 8.98 Å². The van der Waals surface area contributed by atoms with Crippen LogP contribution in [0, 0.1) is 33.5 Å². The molecular weight excluding hydrogens is 1140 g/mol. The maximum absolute atomic E-state index is 14.5. The molecule has 3 saturated carbocycles. The summed E-state index contributed by atoms with van der Waals surface area (Å²) in [7, 11) is -4.28. The van der Waals surface area contributed by atoms with Crippen LogP contribution in [0.1, 0.15) is 100 Å². The largest absolute Gasteiger partial charge is 1.00 e. The van der Waals surface area contributed by atoms with Crippen molar-refractivity contribution in [3.8, 4) is 0 Å². The molecule has 23 unspecified atom stereocenters. The van der Waals surface area contributed by atoms with Gasteiger partial charge in [-0.1, -0.05) is 51.0 Å². The maximum atomic E-state index is 14.5. The van der Waals surface area contributed by atoms with Crippen molar-refractivity contribution in [3.63, 3.8) is 0 Å². The van der Waals surface area contributed by atoms with Crippen LogP contribution in [0.4, 0.5) is 0 Å². The van der Waals surface area contributed by atoms with Crippen LogP contribution in [-0.2, 0) is 66.7 Å². The Morgan fingerprint density at radius 3 is 1.92 bits per heavy atom. The van der Waals surface area contributed by atoms with Crippen molar-refractivity contribution in [2.75, 3.05) is 26.9 Å². The van der Waals surface area contributed by atoms with E-state index < -0.39 is 204 Å². The summed E-state index contributed by atoms with van der Waals surface area (Å²) in [4.78, 5) is 14.5. The van der Waals surface area contributed by atoms with Crippen molar-refractivity contribution in [3.05, 3.63) is 23.3 Å². The normalized spacial score (nSPS) is 50.8. The molecule has 29 heteroatoms. The van der Waals surface area contributed by atoms with Crippen molar-refractivity contribution in [1.82, 2.24) is 0 Å². The zero-order chi connectivity index (χ0) is 60.4. The van der Waals surface area contributed by atoms with Crippen molar-refractivity contribution < 1.29 is 160 Å². The van der Waals surface area contributed by atoms with Crippen LogP contribution in [-0.4, -0.2) is 253 Å². The number of ether oxygens (including phenoxy) is 10. The molecule has 0 bridgehead atoms. The third kappa shape index (κ3) is 11.0. The predicted molar refractivity (Wildman–Crippen MR) is 273 cm³/mol. The fourth-order valence-electron chi connectivity index (χ4n) is 16.2. The number of aliphatic hydroxyl groups excluding tert-OH is 11. The van der Waals surface area contributed by atoms with Gasteiger partial charge >= 0.3 is 35.5 Å². The van der Waals surface area contributed by atoms with Gasteiger partial charge in [0.15, 0.2) is 30.8 Å². The number of carbonyl (C=O) groups excluding carboxylic acids is 1. The van der Waals surface area contributed by atoms with Crippen molar-refractivity contribution >= 4 is 16.4 Å². The second-order valence-corrected chi connectivity index (χ2v) is 26.6. The molecule has 12 N–H and O–H groups in total. The van der Waals surface area contributed by atoms with Crippen molar-refractivity contribution in [2.24, 2.45) is 33.5 Å². The number of hydrogen-bond donors (Lipinski definition) is 12. The van der Waals surface area contributed by atoms with Gasteiger partial charge in [0, 0.05) is 7.11 Å². The van der Waals surface area contributed by atoms with E-state index in [1.165, 1.54) is 14.0 Å². The molecule has 0 amide bonds. The molecule has 0 aromatic rings. The number of esters is 1. The van der Waals surface area contributed by atoms with Crippen molar-refractivity contribution in [2.45, 2.75) is 247 Å². The number of carbonyl (C=O) groups is 1. The first-order valence-corrected chi connectivity index (χ1v) is 29.6. The van der Waals surface area contributed by atoms with Gasteiger partial charge in [0.2, 0.25) is 10.4 Å². The molecule has 29 atom stereocenters. The molecule has 5 heterocycles. The topological polar surface area (TPSA) is 419 Å². The van der Waals surface area contributed by atoms with Crippen molar-refractivity contribution in [1.29, 1.82) is 0 Å². The monoisotopic (exact) mass is 1220 g/mol. The molecule has 1 spiro atoms. The van der Waals surface area contributed by atoms with Gasteiger partial charge in [0.05, 0.1) is 44.2 Å². The second kappa shape index (κ2) is 24.6. The second-order valence-electron chi connectivity index (χ2n) is 25.6. The summed E-state index contributed by atoms with van der Waals surface area (Å²) in [6.07, 6.45) is -30.1. The minimum Gasteiger partial charge on any atom is -0.726 e. The van der Waals surface area contributed by atoms with Gasteiger partial charge in [-0.15, -0.1) is 0 Å². The number of aliphatic hydroxyl groups is 12. The fourth-order valence-corrected chi connectivity index (χ4v) is 16.7. The SMILES string of the molecule is COC1C(O)C(CO)OC(OC2C(O)C(CO)OC(OC3C(C)OC(OC4C(OC5CC[C@]6(C)C7=C[C@H](O)C89C(=O)O[C@@](C)(C(O)CC=C(C)C)[C@@]8(O)CC[C@@]9(C)[C@@H]7CCC6C5(C)C)OCC(OS(=O)(=O)[O-])C4O)C(O)C3O)C2O)C1O.[Na+]. The van der Waals surface area contributed by atoms with E-state index in [9.17, 15) is 79.0 Å². The molecule has 5 aliphatic heterocycles. The van der Waals surface area contributed by atoms with Gasteiger partial charge in [-0.25, -0.2) is 8.42 Å². The van der Waals surface area contributed by atoms with E-state index in [0.717, 1.165) is 11.1 Å². The first-order chi connectivity index (χ1) is 38.2. The third-order valence-corrected chi connectivity index (χ3v) is 21.1. The Morgan fingerprint density at radius 1 is 0.747 bits per heavy atom. The first-order valence-electron chi connectivity index (χ1n) is 28.2. The zero-order valence-corrected chi connectivity index (χ0v) is 51.3. The average Bonchev–Trinajstić information content (AvgIpc) is 1.51. The van der Waals surface area contributed by atoms with Gasteiger partial charge in [-0.05, 0) is 101 Å². The molecule has 9 rings (SSSR count). The van der Waals surface area contributed by atoms with Crippen LogP contribution in [0.3, 0.4) is 0 Å². The number of allylic oxidation sites excluding steroid dienone is 2. The summed E-state index contributed by atoms with van der Waals surface area (Å²) >= 11 is 0. The summed E-state index contributed by atoms with van der Waals surface area (Å²) in [5, 5.41) is 136. The van der Waals surface area contributed by atoms with Crippen LogP contribution in [0.5, 0.6) is 0 Å². The third-order valence-electron chi connectivity index (χ3n) is 20.7. The number of fused-ring (bicyclic) bond motifs is 4. The average molecular weight is 1220 g/mol. The molecule has 470 valence electrons. The molecule has 83 heavy (non-hydrogen) atoms. The smallest absolute Gasteiger partial charge is 0.726 e. The zero-order valence-electron chi connectivity index (χ0n) is 48.5. The molecule has 0 radical (unpaired) electrons. The fraction of sp³-hybridized carbons (Fsp3) is 0.907. The first kappa shape index (κ1) is 67.9. The standard InChI is InChI=1S/C54H86O27S.Na/c1-22(2)10-13-30(57)52(8)53(67)17-16-51(7)24-11-12-29-49(4,5)32(14-15-50(29,6)25(24)18-31(58)54(51,53)48(66)80-52)76-47-43(35(61)28(21-72-47)81-82(68,69)70)79-44-37(63)36(62)40(23(3)73-44)77-46-39(65)42(34(60)27(20-56)75-46)78-45-38(64)41(71-9)33(59)26(19-55)74-45;/h10,18,23-24,26-47,55-65,67H,11-17,19-21H2,1-9H3,(H,68,69,70);/q;+1/p-1/t23?,24-,26?,27?,28?,29?,30?,31+,32?,33?,34?,35?,36?,37?,38?,39?,40?,41?,42?,43?,44?,45?,46?,47?,50-,51+,52+,53+,54?;/m1./s1. The Hall–Kier alpha value is -1.02. The van der Waals surface area contributed by atoms with E-state index in [1.54, 1.807) is 13.0 Å². The summed E-state index contributed by atoms with van der Waals surface area (Å²) in [6, 6.07) is 0. The number of methoxy groups -OCH3 is 1. The van der Waals surface area contributed by atoms with Gasteiger partial charge < -0.3 is 113 Å². The molecule has 0 aromatic heterocycles. The Bertz CT molecular complexity index is 2490. The van der Waals surface area contributed by atoms with Crippen LogP contribution in [0.15, 0.2) is 23.3 Å². The number of hydrogen-bond acceptors (Lipinski definition) is 27. The quantitative estimate of drug-likeness (QED) is 0.0171. The number of rotatable bonds is 16. The summed E-state index contributed by atoms with van der Waals surface area (Å²) in [5.41, 5.74) is -5.90. The van der Waals surface area contributed by atoms with Gasteiger partial charge in [0.1, 0.15) is 96.5 Å². The molecule has 5 saturated heterocycles. The van der Waals surface area contributed by atoms with Crippen LogP contribution >= 0.6 is 0 Å². The molecule has 8 fully saturated rings. The van der Waals surface area contributed by atoms with Gasteiger partial charge in [0.25, 0.3) is 0 Å². The summed E-state index contributed by atoms with van der Waals surface area (Å²) < 4.78 is 99.4.